The highest BCUT2D eigenvalue weighted by Gasteiger charge is 2.27. The fourth-order valence-corrected chi connectivity index (χ4v) is 4.33. The van der Waals surface area contributed by atoms with Crippen molar-refractivity contribution in [2.24, 2.45) is 5.92 Å². The molecule has 0 radical (unpaired) electrons. The zero-order chi connectivity index (χ0) is 26.8. The first kappa shape index (κ1) is 29.5. The van der Waals surface area contributed by atoms with E-state index in [1.807, 2.05) is 88.5 Å². The first-order chi connectivity index (χ1) is 17.4. The summed E-state index contributed by atoms with van der Waals surface area (Å²) in [4.78, 5) is 21.6. The van der Waals surface area contributed by atoms with Crippen LogP contribution < -0.4 is 0 Å². The van der Waals surface area contributed by atoms with Crippen molar-refractivity contribution in [3.8, 4) is 11.3 Å². The van der Waals surface area contributed by atoms with Crippen molar-refractivity contribution in [3.05, 3.63) is 53.3 Å². The lowest BCUT2D eigenvalue weighted by molar-refractivity contribution is 0.0737. The maximum Gasteiger partial charge on any atom is 0.254 e. The number of rotatable bonds is 4. The molecule has 2 fully saturated rings. The molecular weight excluding hydrogens is 446 g/mol. The highest BCUT2D eigenvalue weighted by atomic mass is 16.2. The van der Waals surface area contributed by atoms with Crippen molar-refractivity contribution < 1.29 is 4.79 Å². The maximum absolute atomic E-state index is 13.0. The van der Waals surface area contributed by atoms with E-state index in [1.54, 1.807) is 0 Å². The number of carbonyl (C=O) groups is 1. The molecule has 5 rings (SSSR count). The van der Waals surface area contributed by atoms with Crippen molar-refractivity contribution in [1.82, 2.24) is 24.4 Å². The standard InChI is InChI=1S/C21H25N5O.C5H10.2C2H6/c1-14-11-16(19-12-22-20-8-5-15(2)23-26(19)20)6-7-18(14)21(27)25(4)17-9-10-24(3)13-17;1-2-5-3-4-5;2*1-2/h5-8,11-12,17H,9-10,13H2,1-4H3;5H,2-4H2,1H3;2*1-2H3. The van der Waals surface area contributed by atoms with Gasteiger partial charge in [-0.2, -0.15) is 5.10 Å². The molecule has 6 nitrogen and oxygen atoms in total. The predicted molar refractivity (Wildman–Crippen MR) is 152 cm³/mol. The van der Waals surface area contributed by atoms with Crippen molar-refractivity contribution in [2.45, 2.75) is 80.2 Å². The van der Waals surface area contributed by atoms with Gasteiger partial charge in [-0.25, -0.2) is 9.50 Å². The third kappa shape index (κ3) is 7.39. The van der Waals surface area contributed by atoms with Gasteiger partial charge in [-0.1, -0.05) is 59.9 Å². The minimum absolute atomic E-state index is 0.0893. The quantitative estimate of drug-likeness (QED) is 0.408. The summed E-state index contributed by atoms with van der Waals surface area (Å²) in [6.45, 7) is 16.2. The number of amides is 1. The molecule has 1 unspecified atom stereocenters. The monoisotopic (exact) mass is 493 g/mol. The summed E-state index contributed by atoms with van der Waals surface area (Å²) in [6, 6.07) is 10.2. The summed E-state index contributed by atoms with van der Waals surface area (Å²) in [6.07, 6.45) is 7.30. The zero-order valence-electron chi connectivity index (χ0n) is 24.0. The fraction of sp³-hybridized carbons (Fsp3) is 0.567. The molecule has 1 atom stereocenters. The Morgan fingerprint density at radius 3 is 2.28 bits per heavy atom. The van der Waals surface area contributed by atoms with Crippen LogP contribution in [0.15, 0.2) is 36.5 Å². The van der Waals surface area contributed by atoms with Gasteiger partial charge in [0.05, 0.1) is 17.6 Å². The molecule has 1 saturated carbocycles. The van der Waals surface area contributed by atoms with Crippen LogP contribution in [0.3, 0.4) is 0 Å². The second-order valence-electron chi connectivity index (χ2n) is 9.39. The van der Waals surface area contributed by atoms with Crippen LogP contribution in [-0.4, -0.2) is 63.5 Å². The lowest BCUT2D eigenvalue weighted by atomic mass is 10.0. The number of aromatic nitrogens is 3. The molecule has 1 saturated heterocycles. The highest BCUT2D eigenvalue weighted by molar-refractivity contribution is 5.96. The van der Waals surface area contributed by atoms with Crippen molar-refractivity contribution in [2.75, 3.05) is 27.2 Å². The van der Waals surface area contributed by atoms with Gasteiger partial charge in [0.15, 0.2) is 5.65 Å². The van der Waals surface area contributed by atoms with Crippen molar-refractivity contribution >= 4 is 11.6 Å². The van der Waals surface area contributed by atoms with Gasteiger partial charge in [0.25, 0.3) is 5.91 Å². The summed E-state index contributed by atoms with van der Waals surface area (Å²) in [7, 11) is 4.01. The van der Waals surface area contributed by atoms with E-state index in [-0.39, 0.29) is 11.9 Å². The Morgan fingerprint density at radius 1 is 1.06 bits per heavy atom. The molecule has 2 aliphatic rings. The Morgan fingerprint density at radius 2 is 1.75 bits per heavy atom. The predicted octanol–water partition coefficient (Wildman–Crippen LogP) is 6.65. The summed E-state index contributed by atoms with van der Waals surface area (Å²) in [5.74, 6) is 1.22. The Hall–Kier alpha value is -2.73. The smallest absolute Gasteiger partial charge is 0.254 e. The SMILES string of the molecule is CC.CC.CCC1CC1.Cc1ccc2ncc(-c3ccc(C(=O)N(C)C4CCN(C)C4)c(C)c3)n2n1. The van der Waals surface area contributed by atoms with Gasteiger partial charge in [0.2, 0.25) is 0 Å². The van der Waals surface area contributed by atoms with E-state index in [0.29, 0.717) is 0 Å². The number of fused-ring (bicyclic) bond motifs is 1. The molecule has 1 aliphatic heterocycles. The molecule has 0 bridgehead atoms. The topological polar surface area (TPSA) is 53.7 Å². The molecule has 2 aromatic heterocycles. The van der Waals surface area contributed by atoms with Crippen LogP contribution in [0.2, 0.25) is 0 Å². The number of likely N-dealkylation sites (tertiary alicyclic amines) is 1. The van der Waals surface area contributed by atoms with Crippen LogP contribution in [0.4, 0.5) is 0 Å². The molecule has 1 aliphatic carbocycles. The van der Waals surface area contributed by atoms with Gasteiger partial charge in [0, 0.05) is 30.8 Å². The van der Waals surface area contributed by atoms with Gasteiger partial charge >= 0.3 is 0 Å². The maximum atomic E-state index is 13.0. The number of imidazole rings is 1. The van der Waals surface area contributed by atoms with Crippen molar-refractivity contribution in [3.63, 3.8) is 0 Å². The molecule has 0 N–H and O–H groups in total. The van der Waals surface area contributed by atoms with Crippen LogP contribution in [0.5, 0.6) is 0 Å². The molecule has 3 heterocycles. The number of benzene rings is 1. The van der Waals surface area contributed by atoms with Crippen LogP contribution in [0.1, 0.15) is 81.9 Å². The molecule has 6 heteroatoms. The molecule has 3 aromatic rings. The summed E-state index contributed by atoms with van der Waals surface area (Å²) in [5.41, 5.74) is 5.43. The molecule has 1 amide bonds. The molecular formula is C30H47N5O. The number of likely N-dealkylation sites (N-methyl/N-ethyl adjacent to an activating group) is 2. The third-order valence-electron chi connectivity index (χ3n) is 6.76. The number of hydrogen-bond acceptors (Lipinski definition) is 4. The second kappa shape index (κ2) is 14.1. The number of carbonyl (C=O) groups excluding carboxylic acids is 1. The summed E-state index contributed by atoms with van der Waals surface area (Å²) < 4.78 is 1.85. The molecule has 198 valence electrons. The summed E-state index contributed by atoms with van der Waals surface area (Å²) >= 11 is 0. The Bertz CT molecular complexity index is 1100. The van der Waals surface area contributed by atoms with Crippen molar-refractivity contribution in [1.29, 1.82) is 0 Å². The van der Waals surface area contributed by atoms with E-state index in [0.717, 1.165) is 59.2 Å². The first-order valence-electron chi connectivity index (χ1n) is 13.8. The number of hydrogen-bond donors (Lipinski definition) is 0. The zero-order valence-corrected chi connectivity index (χ0v) is 24.0. The third-order valence-corrected chi connectivity index (χ3v) is 6.76. The fourth-order valence-electron chi connectivity index (χ4n) is 4.33. The Labute approximate surface area is 218 Å². The lowest BCUT2D eigenvalue weighted by Gasteiger charge is -2.25. The van der Waals surface area contributed by atoms with Gasteiger partial charge in [-0.15, -0.1) is 0 Å². The minimum Gasteiger partial charge on any atom is -0.337 e. The Kier molecular flexibility index (Phi) is 11.6. The molecule has 0 spiro atoms. The normalized spacial score (nSPS) is 16.8. The van der Waals surface area contributed by atoms with Gasteiger partial charge in [0.1, 0.15) is 0 Å². The Balaban J connectivity index is 0.000000438. The first-order valence-corrected chi connectivity index (χ1v) is 13.8. The molecule has 36 heavy (non-hydrogen) atoms. The average molecular weight is 494 g/mol. The van der Waals surface area contributed by atoms with E-state index in [9.17, 15) is 4.79 Å². The largest absolute Gasteiger partial charge is 0.337 e. The average Bonchev–Trinajstić information content (AvgIpc) is 3.52. The van der Waals surface area contributed by atoms with E-state index in [2.05, 4.69) is 35.0 Å². The molecule has 1 aromatic carbocycles. The van der Waals surface area contributed by atoms with Gasteiger partial charge in [-0.3, -0.25) is 4.79 Å². The number of aryl methyl sites for hydroxylation is 2. The minimum atomic E-state index is 0.0893. The van der Waals surface area contributed by atoms with Gasteiger partial charge < -0.3 is 9.80 Å². The van der Waals surface area contributed by atoms with E-state index < -0.39 is 0 Å². The van der Waals surface area contributed by atoms with Crippen LogP contribution in [0.25, 0.3) is 16.9 Å². The van der Waals surface area contributed by atoms with Crippen LogP contribution in [0, 0.1) is 19.8 Å². The number of nitrogens with zero attached hydrogens (tertiary/aromatic N) is 5. The van der Waals surface area contributed by atoms with Crippen LogP contribution in [-0.2, 0) is 0 Å². The van der Waals surface area contributed by atoms with Gasteiger partial charge in [-0.05, 0) is 69.6 Å². The van der Waals surface area contributed by atoms with E-state index in [1.165, 1.54) is 19.3 Å². The second-order valence-corrected chi connectivity index (χ2v) is 9.39. The lowest BCUT2D eigenvalue weighted by Crippen LogP contribution is -2.38. The van der Waals surface area contributed by atoms with E-state index in [4.69, 9.17) is 0 Å². The highest BCUT2D eigenvalue weighted by Crippen LogP contribution is 2.31. The van der Waals surface area contributed by atoms with Crippen LogP contribution >= 0.6 is 0 Å². The summed E-state index contributed by atoms with van der Waals surface area (Å²) in [5, 5.41) is 4.56. The van der Waals surface area contributed by atoms with E-state index >= 15 is 0 Å².